The molecule has 1 unspecified atom stereocenters. The van der Waals surface area contributed by atoms with Crippen LogP contribution in [-0.2, 0) is 10.3 Å². The van der Waals surface area contributed by atoms with Crippen LogP contribution in [0.15, 0.2) is 48.5 Å². The molecule has 0 saturated carbocycles. The fraction of sp³-hybridized carbons (Fsp3) is 0.417. The number of likely N-dealkylation sites (tertiary alicyclic amines) is 1. The maximum Gasteiger partial charge on any atom is 0.329 e. The summed E-state index contributed by atoms with van der Waals surface area (Å²) in [5.41, 5.74) is 0.824. The number of amides is 3. The van der Waals surface area contributed by atoms with Gasteiger partial charge in [-0.1, -0.05) is 12.1 Å². The summed E-state index contributed by atoms with van der Waals surface area (Å²) in [5, 5.41) is 2.90. The van der Waals surface area contributed by atoms with E-state index in [0.717, 1.165) is 25.1 Å². The number of rotatable bonds is 7. The molecule has 2 aliphatic rings. The molecule has 7 nitrogen and oxygen atoms in total. The maximum absolute atomic E-state index is 13.4. The predicted molar refractivity (Wildman–Crippen MR) is 116 cm³/mol. The largest absolute Gasteiger partial charge is 0.497 e. The first-order chi connectivity index (χ1) is 15.0. The van der Waals surface area contributed by atoms with E-state index in [1.165, 1.54) is 15.4 Å². The highest BCUT2D eigenvalue weighted by atomic mass is 16.5. The number of nitrogens with zero attached hydrogens (tertiary/aromatic N) is 1. The number of carbonyl (C=O) groups excluding carboxylic acids is 2. The number of hydrogen-bond acceptors (Lipinski definition) is 4. The number of quaternary nitrogens is 1. The Morgan fingerprint density at radius 2 is 1.94 bits per heavy atom. The molecule has 4 rings (SSSR count). The van der Waals surface area contributed by atoms with E-state index in [-0.39, 0.29) is 18.0 Å². The molecule has 2 aliphatic heterocycles. The van der Waals surface area contributed by atoms with Crippen LogP contribution < -0.4 is 19.7 Å². The number of imide groups is 1. The van der Waals surface area contributed by atoms with Gasteiger partial charge in [-0.05, 0) is 55.8 Å². The molecule has 2 heterocycles. The van der Waals surface area contributed by atoms with Crippen LogP contribution in [0.2, 0.25) is 0 Å². The summed E-state index contributed by atoms with van der Waals surface area (Å²) in [5.74, 6) is 1.28. The standard InChI is InChI=1S/C24H29N3O4/c1-4-31-19-12-10-17(11-13-19)21-9-6-14-26(21)16-27-22(28)24(2,25-23(27)29)18-7-5-8-20(15-18)30-3/h5,7-8,10-13,15,21H,4,6,9,14,16H2,1-3H3,(H,25,29)/p+1/t21-,24-/m1/s1. The Hall–Kier alpha value is -3.06. The first kappa shape index (κ1) is 21.2. The Morgan fingerprint density at radius 1 is 1.16 bits per heavy atom. The molecule has 2 fully saturated rings. The van der Waals surface area contributed by atoms with Crippen LogP contribution in [-0.4, -0.2) is 43.8 Å². The third-order valence-corrected chi connectivity index (χ3v) is 6.36. The van der Waals surface area contributed by atoms with E-state index < -0.39 is 5.54 Å². The van der Waals surface area contributed by atoms with Crippen LogP contribution in [0.3, 0.4) is 0 Å². The summed E-state index contributed by atoms with van der Waals surface area (Å²) < 4.78 is 10.8. The lowest BCUT2D eigenvalue weighted by Crippen LogP contribution is -3.12. The maximum atomic E-state index is 13.4. The van der Waals surface area contributed by atoms with E-state index in [2.05, 4.69) is 17.4 Å². The van der Waals surface area contributed by atoms with Crippen LogP contribution in [0.25, 0.3) is 0 Å². The van der Waals surface area contributed by atoms with Crippen molar-refractivity contribution in [3.63, 3.8) is 0 Å². The van der Waals surface area contributed by atoms with E-state index in [1.54, 1.807) is 20.1 Å². The minimum absolute atomic E-state index is 0.226. The summed E-state index contributed by atoms with van der Waals surface area (Å²) in [6.07, 6.45) is 2.09. The number of nitrogens with one attached hydrogen (secondary N) is 2. The highest BCUT2D eigenvalue weighted by Crippen LogP contribution is 2.31. The molecule has 2 saturated heterocycles. The van der Waals surface area contributed by atoms with Gasteiger partial charge in [0.25, 0.3) is 5.91 Å². The lowest BCUT2D eigenvalue weighted by molar-refractivity contribution is -0.925. The molecule has 2 aromatic carbocycles. The summed E-state index contributed by atoms with van der Waals surface area (Å²) in [6.45, 7) is 5.63. The normalized spacial score (nSPS) is 25.6. The van der Waals surface area contributed by atoms with Crippen molar-refractivity contribution < 1.29 is 24.0 Å². The smallest absolute Gasteiger partial charge is 0.329 e. The molecule has 0 spiro atoms. The Labute approximate surface area is 182 Å². The molecule has 0 aromatic heterocycles. The fourth-order valence-corrected chi connectivity index (χ4v) is 4.64. The first-order valence-corrected chi connectivity index (χ1v) is 10.8. The van der Waals surface area contributed by atoms with Gasteiger partial charge >= 0.3 is 6.03 Å². The molecule has 31 heavy (non-hydrogen) atoms. The van der Waals surface area contributed by atoms with E-state index >= 15 is 0 Å². The van der Waals surface area contributed by atoms with Gasteiger partial charge in [-0.3, -0.25) is 4.79 Å². The third kappa shape index (κ3) is 3.97. The van der Waals surface area contributed by atoms with Crippen LogP contribution in [0, 0.1) is 0 Å². The molecule has 0 bridgehead atoms. The minimum Gasteiger partial charge on any atom is -0.497 e. The topological polar surface area (TPSA) is 72.3 Å². The van der Waals surface area contributed by atoms with Crippen molar-refractivity contribution in [2.24, 2.45) is 0 Å². The van der Waals surface area contributed by atoms with Crippen molar-refractivity contribution in [2.75, 3.05) is 26.9 Å². The quantitative estimate of drug-likeness (QED) is 0.669. The number of carbonyl (C=O) groups is 2. The number of benzene rings is 2. The van der Waals surface area contributed by atoms with Crippen molar-refractivity contribution in [1.82, 2.24) is 10.2 Å². The number of hydrogen-bond donors (Lipinski definition) is 2. The van der Waals surface area contributed by atoms with Gasteiger partial charge in [0, 0.05) is 18.4 Å². The van der Waals surface area contributed by atoms with Crippen molar-refractivity contribution >= 4 is 11.9 Å². The average Bonchev–Trinajstić information content (AvgIpc) is 3.33. The summed E-state index contributed by atoms with van der Waals surface area (Å²) >= 11 is 0. The second-order valence-corrected chi connectivity index (χ2v) is 8.28. The second-order valence-electron chi connectivity index (χ2n) is 8.28. The van der Waals surface area contributed by atoms with Gasteiger partial charge in [-0.15, -0.1) is 0 Å². The molecule has 7 heteroatoms. The minimum atomic E-state index is -1.10. The highest BCUT2D eigenvalue weighted by molar-refractivity contribution is 6.07. The zero-order valence-electron chi connectivity index (χ0n) is 18.3. The molecule has 0 radical (unpaired) electrons. The molecule has 2 N–H and O–H groups in total. The molecular formula is C24H30N3O4+. The van der Waals surface area contributed by atoms with Gasteiger partial charge in [0.1, 0.15) is 23.1 Å². The highest BCUT2D eigenvalue weighted by Gasteiger charge is 2.51. The molecule has 164 valence electrons. The van der Waals surface area contributed by atoms with Crippen LogP contribution in [0.5, 0.6) is 11.5 Å². The van der Waals surface area contributed by atoms with E-state index in [0.29, 0.717) is 24.6 Å². The Balaban J connectivity index is 1.51. The van der Waals surface area contributed by atoms with E-state index in [1.807, 2.05) is 37.3 Å². The van der Waals surface area contributed by atoms with Crippen molar-refractivity contribution in [3.8, 4) is 11.5 Å². The molecule has 2 aromatic rings. The third-order valence-electron chi connectivity index (χ3n) is 6.36. The van der Waals surface area contributed by atoms with Crippen LogP contribution in [0.1, 0.15) is 43.9 Å². The Bertz CT molecular complexity index is 962. The summed E-state index contributed by atoms with van der Waals surface area (Å²) in [4.78, 5) is 28.8. The van der Waals surface area contributed by atoms with Crippen LogP contribution in [0.4, 0.5) is 4.79 Å². The molecular weight excluding hydrogens is 394 g/mol. The van der Waals surface area contributed by atoms with Gasteiger partial charge in [-0.2, -0.15) is 0 Å². The van der Waals surface area contributed by atoms with Gasteiger partial charge in [0.05, 0.1) is 20.3 Å². The number of ether oxygens (including phenoxy) is 2. The van der Waals surface area contributed by atoms with Crippen molar-refractivity contribution in [3.05, 3.63) is 59.7 Å². The van der Waals surface area contributed by atoms with Gasteiger partial charge in [0.15, 0.2) is 6.67 Å². The zero-order valence-corrected chi connectivity index (χ0v) is 18.3. The summed E-state index contributed by atoms with van der Waals surface area (Å²) in [7, 11) is 1.58. The number of urea groups is 1. The van der Waals surface area contributed by atoms with Crippen molar-refractivity contribution in [2.45, 2.75) is 38.3 Å². The molecule has 0 aliphatic carbocycles. The SMILES string of the molecule is CCOc1ccc([C@H]2CCC[NH+]2CN2C(=O)N[C@](C)(c3cccc(OC)c3)C2=O)cc1. The average molecular weight is 425 g/mol. The molecule has 3 atom stereocenters. The Morgan fingerprint density at radius 3 is 2.65 bits per heavy atom. The lowest BCUT2D eigenvalue weighted by atomic mass is 9.92. The van der Waals surface area contributed by atoms with Gasteiger partial charge in [-0.25, -0.2) is 9.69 Å². The lowest BCUT2D eigenvalue weighted by Gasteiger charge is -2.26. The van der Waals surface area contributed by atoms with Crippen molar-refractivity contribution in [1.29, 1.82) is 0 Å². The van der Waals surface area contributed by atoms with Gasteiger partial charge < -0.3 is 19.7 Å². The second kappa shape index (κ2) is 8.59. The summed E-state index contributed by atoms with van der Waals surface area (Å²) in [6, 6.07) is 15.4. The fourth-order valence-electron chi connectivity index (χ4n) is 4.64. The zero-order chi connectivity index (χ0) is 22.0. The molecule has 3 amide bonds. The monoisotopic (exact) mass is 424 g/mol. The van der Waals surface area contributed by atoms with E-state index in [9.17, 15) is 9.59 Å². The van der Waals surface area contributed by atoms with Gasteiger partial charge in [0.2, 0.25) is 0 Å². The van der Waals surface area contributed by atoms with E-state index in [4.69, 9.17) is 9.47 Å². The predicted octanol–water partition coefficient (Wildman–Crippen LogP) is 2.24. The van der Waals surface area contributed by atoms with Crippen LogP contribution >= 0.6 is 0 Å². The number of methoxy groups -OCH3 is 1. The first-order valence-electron chi connectivity index (χ1n) is 10.8. The Kier molecular flexibility index (Phi) is 5.87.